The highest BCUT2D eigenvalue weighted by Gasteiger charge is 2.52. The zero-order valence-corrected chi connectivity index (χ0v) is 14.4. The molecule has 3 nitrogen and oxygen atoms in total. The highest BCUT2D eigenvalue weighted by molar-refractivity contribution is 5.81. The molecule has 1 saturated heterocycles. The van der Waals surface area contributed by atoms with Crippen LogP contribution in [0.15, 0.2) is 60.7 Å². The van der Waals surface area contributed by atoms with E-state index in [1.807, 2.05) is 0 Å². The predicted octanol–water partition coefficient (Wildman–Crippen LogP) is 4.08. The molecule has 0 amide bonds. The maximum Gasteiger partial charge on any atom is 0.129 e. The summed E-state index contributed by atoms with van der Waals surface area (Å²) in [5.41, 5.74) is 9.98. The SMILES string of the molecule is NCc1ccc2nc(N3CC4(CC(c5ccccc5)C4)C3)ccc2c1. The topological polar surface area (TPSA) is 42.1 Å². The molecule has 2 fully saturated rings. The van der Waals surface area contributed by atoms with Crippen LogP contribution in [0, 0.1) is 5.41 Å². The molecule has 0 bridgehead atoms. The van der Waals surface area contributed by atoms with Gasteiger partial charge in [-0.2, -0.15) is 0 Å². The van der Waals surface area contributed by atoms with E-state index >= 15 is 0 Å². The van der Waals surface area contributed by atoms with E-state index in [1.165, 1.54) is 23.8 Å². The minimum atomic E-state index is 0.528. The molecule has 0 atom stereocenters. The van der Waals surface area contributed by atoms with Gasteiger partial charge in [-0.15, -0.1) is 0 Å². The van der Waals surface area contributed by atoms with Crippen molar-refractivity contribution in [1.82, 2.24) is 4.98 Å². The summed E-state index contributed by atoms with van der Waals surface area (Å²) in [4.78, 5) is 7.29. The Bertz CT molecular complexity index is 905. The van der Waals surface area contributed by atoms with Gasteiger partial charge in [-0.1, -0.05) is 36.4 Å². The summed E-state index contributed by atoms with van der Waals surface area (Å²) in [6, 6.07) is 21.6. The Morgan fingerprint density at radius 2 is 1.80 bits per heavy atom. The number of pyridine rings is 1. The molecule has 1 aliphatic heterocycles. The van der Waals surface area contributed by atoms with Crippen LogP contribution >= 0.6 is 0 Å². The predicted molar refractivity (Wildman–Crippen MR) is 103 cm³/mol. The van der Waals surface area contributed by atoms with Crippen molar-refractivity contribution < 1.29 is 0 Å². The third kappa shape index (κ3) is 2.50. The summed E-state index contributed by atoms with van der Waals surface area (Å²) in [6.07, 6.45) is 2.64. The number of nitrogens with two attached hydrogens (primary N) is 1. The summed E-state index contributed by atoms with van der Waals surface area (Å²) >= 11 is 0. The monoisotopic (exact) mass is 329 g/mol. The Balaban J connectivity index is 1.27. The lowest BCUT2D eigenvalue weighted by molar-refractivity contribution is 0.0628. The molecule has 2 aliphatic rings. The third-order valence-corrected chi connectivity index (χ3v) is 5.98. The van der Waals surface area contributed by atoms with Crippen LogP contribution in [-0.2, 0) is 6.54 Å². The van der Waals surface area contributed by atoms with Crippen molar-refractivity contribution in [3.05, 3.63) is 71.8 Å². The summed E-state index contributed by atoms with van der Waals surface area (Å²) in [5, 5.41) is 1.18. The molecule has 2 aromatic carbocycles. The van der Waals surface area contributed by atoms with E-state index in [0.717, 1.165) is 35.9 Å². The van der Waals surface area contributed by atoms with Gasteiger partial charge in [0.25, 0.3) is 0 Å². The Morgan fingerprint density at radius 1 is 1.00 bits per heavy atom. The first kappa shape index (κ1) is 14.9. The lowest BCUT2D eigenvalue weighted by atomic mass is 9.56. The number of hydrogen-bond donors (Lipinski definition) is 1. The molecule has 3 heteroatoms. The fourth-order valence-corrected chi connectivity index (χ4v) is 4.60. The van der Waals surface area contributed by atoms with Crippen LogP contribution in [0.3, 0.4) is 0 Å². The largest absolute Gasteiger partial charge is 0.355 e. The van der Waals surface area contributed by atoms with Crippen molar-refractivity contribution in [3.8, 4) is 0 Å². The van der Waals surface area contributed by atoms with Gasteiger partial charge in [-0.05, 0) is 54.2 Å². The number of anilines is 1. The van der Waals surface area contributed by atoms with Crippen LogP contribution in [0.25, 0.3) is 10.9 Å². The van der Waals surface area contributed by atoms with Crippen molar-refractivity contribution in [2.45, 2.75) is 25.3 Å². The molecule has 2 N–H and O–H groups in total. The van der Waals surface area contributed by atoms with Crippen LogP contribution in [0.1, 0.15) is 29.9 Å². The number of rotatable bonds is 3. The number of nitrogens with zero attached hydrogens (tertiary/aromatic N) is 2. The number of hydrogen-bond acceptors (Lipinski definition) is 3. The first-order valence-corrected chi connectivity index (χ1v) is 9.14. The maximum atomic E-state index is 5.73. The Morgan fingerprint density at radius 3 is 2.56 bits per heavy atom. The minimum Gasteiger partial charge on any atom is -0.355 e. The second kappa shape index (κ2) is 5.57. The van der Waals surface area contributed by atoms with E-state index in [4.69, 9.17) is 10.7 Å². The van der Waals surface area contributed by atoms with Gasteiger partial charge in [0.1, 0.15) is 5.82 Å². The van der Waals surface area contributed by atoms with E-state index in [9.17, 15) is 0 Å². The highest BCUT2D eigenvalue weighted by atomic mass is 15.3. The minimum absolute atomic E-state index is 0.528. The average Bonchev–Trinajstić information content (AvgIpc) is 2.59. The van der Waals surface area contributed by atoms with Crippen molar-refractivity contribution >= 4 is 16.7 Å². The number of aromatic nitrogens is 1. The molecule has 1 spiro atoms. The van der Waals surface area contributed by atoms with E-state index in [-0.39, 0.29) is 0 Å². The van der Waals surface area contributed by atoms with E-state index in [1.54, 1.807) is 0 Å². The third-order valence-electron chi connectivity index (χ3n) is 5.98. The van der Waals surface area contributed by atoms with Gasteiger partial charge in [0.15, 0.2) is 0 Å². The second-order valence-corrected chi connectivity index (χ2v) is 7.77. The van der Waals surface area contributed by atoms with Crippen LogP contribution in [-0.4, -0.2) is 18.1 Å². The van der Waals surface area contributed by atoms with Gasteiger partial charge in [0.2, 0.25) is 0 Å². The molecular weight excluding hydrogens is 306 g/mol. The summed E-state index contributed by atoms with van der Waals surface area (Å²) in [7, 11) is 0. The molecular formula is C22H23N3. The zero-order valence-electron chi connectivity index (χ0n) is 14.4. The summed E-state index contributed by atoms with van der Waals surface area (Å²) < 4.78 is 0. The van der Waals surface area contributed by atoms with Crippen molar-refractivity contribution in [1.29, 1.82) is 0 Å². The van der Waals surface area contributed by atoms with Gasteiger partial charge in [-0.25, -0.2) is 4.98 Å². The van der Waals surface area contributed by atoms with Gasteiger partial charge in [-0.3, -0.25) is 0 Å². The molecule has 1 saturated carbocycles. The van der Waals surface area contributed by atoms with Crippen LogP contribution in [0.2, 0.25) is 0 Å². The van der Waals surface area contributed by atoms with Crippen molar-refractivity contribution in [2.24, 2.45) is 11.1 Å². The van der Waals surface area contributed by atoms with Gasteiger partial charge in [0, 0.05) is 30.4 Å². The van der Waals surface area contributed by atoms with Crippen LogP contribution < -0.4 is 10.6 Å². The standard InChI is InChI=1S/C22H23N3/c23-13-16-6-8-20-18(10-16)7-9-21(24-20)25-14-22(15-25)11-19(12-22)17-4-2-1-3-5-17/h1-10,19H,11-15,23H2. The number of fused-ring (bicyclic) bond motifs is 1. The quantitative estimate of drug-likeness (QED) is 0.787. The van der Waals surface area contributed by atoms with E-state index in [0.29, 0.717) is 12.0 Å². The fraction of sp³-hybridized carbons (Fsp3) is 0.318. The van der Waals surface area contributed by atoms with Gasteiger partial charge >= 0.3 is 0 Å². The first-order valence-electron chi connectivity index (χ1n) is 9.14. The molecule has 0 radical (unpaired) electrons. The molecule has 126 valence electrons. The highest BCUT2D eigenvalue weighted by Crippen LogP contribution is 2.56. The lowest BCUT2D eigenvalue weighted by Gasteiger charge is -2.59. The lowest BCUT2D eigenvalue weighted by Crippen LogP contribution is -2.62. The first-order chi connectivity index (χ1) is 12.2. The second-order valence-electron chi connectivity index (χ2n) is 7.77. The Kier molecular flexibility index (Phi) is 3.32. The summed E-state index contributed by atoms with van der Waals surface area (Å²) in [6.45, 7) is 2.88. The van der Waals surface area contributed by atoms with Gasteiger partial charge in [0.05, 0.1) is 5.52 Å². The Labute approximate surface area is 148 Å². The van der Waals surface area contributed by atoms with Crippen molar-refractivity contribution in [3.63, 3.8) is 0 Å². The van der Waals surface area contributed by atoms with Crippen LogP contribution in [0.4, 0.5) is 5.82 Å². The summed E-state index contributed by atoms with van der Waals surface area (Å²) in [5.74, 6) is 1.87. The Hall–Kier alpha value is -2.39. The smallest absolute Gasteiger partial charge is 0.129 e. The molecule has 3 aromatic rings. The molecule has 25 heavy (non-hydrogen) atoms. The number of benzene rings is 2. The molecule has 5 rings (SSSR count). The fourth-order valence-electron chi connectivity index (χ4n) is 4.60. The zero-order chi connectivity index (χ0) is 16.9. The van der Waals surface area contributed by atoms with Gasteiger partial charge < -0.3 is 10.6 Å². The molecule has 2 heterocycles. The van der Waals surface area contributed by atoms with E-state index in [2.05, 4.69) is 65.6 Å². The average molecular weight is 329 g/mol. The molecule has 1 aliphatic carbocycles. The normalized spacial score (nSPS) is 19.0. The maximum absolute atomic E-state index is 5.73. The van der Waals surface area contributed by atoms with Crippen molar-refractivity contribution in [2.75, 3.05) is 18.0 Å². The van der Waals surface area contributed by atoms with E-state index < -0.39 is 0 Å². The molecule has 0 unspecified atom stereocenters. The molecule has 1 aromatic heterocycles. The van der Waals surface area contributed by atoms with Crippen LogP contribution in [0.5, 0.6) is 0 Å².